The second-order valence-electron chi connectivity index (χ2n) is 8.88. The molecule has 6 heteroatoms. The Balaban J connectivity index is 1.64. The van der Waals surface area contributed by atoms with E-state index >= 15 is 0 Å². The largest absolute Gasteiger partial charge is 0.507 e. The molecule has 1 heterocycles. The Hall–Kier alpha value is -3.90. The van der Waals surface area contributed by atoms with Gasteiger partial charge in [-0.2, -0.15) is 0 Å². The zero-order valence-corrected chi connectivity index (χ0v) is 20.9. The van der Waals surface area contributed by atoms with Gasteiger partial charge in [-0.05, 0) is 54.3 Å². The van der Waals surface area contributed by atoms with E-state index in [1.54, 1.807) is 31.4 Å². The summed E-state index contributed by atoms with van der Waals surface area (Å²) in [5, 5.41) is 11.2. The van der Waals surface area contributed by atoms with Crippen LogP contribution in [0.2, 0.25) is 0 Å². The highest BCUT2D eigenvalue weighted by Gasteiger charge is 2.45. The number of Topliss-reactive ketones (excluding diaryl/α,β-unsaturated/α-hetero) is 1. The number of amides is 1. The van der Waals surface area contributed by atoms with Gasteiger partial charge in [-0.1, -0.05) is 61.0 Å². The van der Waals surface area contributed by atoms with E-state index in [-0.39, 0.29) is 24.5 Å². The van der Waals surface area contributed by atoms with Gasteiger partial charge in [-0.3, -0.25) is 9.59 Å². The Bertz CT molecular complexity index is 1260. The number of aryl methyl sites for hydroxylation is 2. The van der Waals surface area contributed by atoms with E-state index in [1.807, 2.05) is 49.4 Å². The first-order valence-electron chi connectivity index (χ1n) is 12.1. The molecular weight excluding hydrogens is 454 g/mol. The molecule has 0 radical (unpaired) electrons. The van der Waals surface area contributed by atoms with Gasteiger partial charge in [-0.25, -0.2) is 0 Å². The number of benzene rings is 3. The maximum atomic E-state index is 13.1. The van der Waals surface area contributed by atoms with Crippen molar-refractivity contribution in [2.24, 2.45) is 0 Å². The van der Waals surface area contributed by atoms with Gasteiger partial charge in [0.1, 0.15) is 18.1 Å². The number of likely N-dealkylation sites (tertiary alicyclic amines) is 1. The van der Waals surface area contributed by atoms with Crippen LogP contribution >= 0.6 is 0 Å². The molecule has 0 aliphatic carbocycles. The van der Waals surface area contributed by atoms with Crippen molar-refractivity contribution in [1.82, 2.24) is 4.90 Å². The maximum absolute atomic E-state index is 13.1. The van der Waals surface area contributed by atoms with Crippen molar-refractivity contribution in [3.05, 3.63) is 106 Å². The summed E-state index contributed by atoms with van der Waals surface area (Å²) in [5.74, 6) is -0.910. The van der Waals surface area contributed by atoms with Crippen molar-refractivity contribution in [3.8, 4) is 5.75 Å². The van der Waals surface area contributed by atoms with E-state index in [9.17, 15) is 14.7 Å². The molecule has 1 atom stereocenters. The summed E-state index contributed by atoms with van der Waals surface area (Å²) in [5.41, 5.74) is 4.66. The fraction of sp³-hybridized carbons (Fsp3) is 0.267. The molecule has 0 bridgehead atoms. The smallest absolute Gasteiger partial charge is 0.295 e. The average molecular weight is 486 g/mol. The number of rotatable bonds is 9. The predicted octanol–water partition coefficient (Wildman–Crippen LogP) is 5.20. The summed E-state index contributed by atoms with van der Waals surface area (Å²) < 4.78 is 11.0. The summed E-state index contributed by atoms with van der Waals surface area (Å²) in [6.45, 7) is 5.04. The summed E-state index contributed by atoms with van der Waals surface area (Å²) in [6, 6.07) is 22.1. The summed E-state index contributed by atoms with van der Waals surface area (Å²) in [7, 11) is 1.55. The Labute approximate surface area is 211 Å². The highest BCUT2D eigenvalue weighted by Crippen LogP contribution is 2.39. The van der Waals surface area contributed by atoms with Crippen molar-refractivity contribution >= 4 is 17.4 Å². The van der Waals surface area contributed by atoms with Gasteiger partial charge in [0.2, 0.25) is 0 Å². The minimum atomic E-state index is -0.701. The number of carbonyl (C=O) groups excluding carboxylic acids is 2. The van der Waals surface area contributed by atoms with Gasteiger partial charge < -0.3 is 19.5 Å². The molecule has 1 aliphatic rings. The van der Waals surface area contributed by atoms with E-state index in [2.05, 4.69) is 13.0 Å². The molecule has 1 N–H and O–H groups in total. The van der Waals surface area contributed by atoms with E-state index in [1.165, 1.54) is 4.90 Å². The molecule has 3 aromatic rings. The van der Waals surface area contributed by atoms with Crippen LogP contribution in [0.25, 0.3) is 5.76 Å². The highest BCUT2D eigenvalue weighted by atomic mass is 16.5. The topological polar surface area (TPSA) is 76.1 Å². The second kappa shape index (κ2) is 11.2. The molecule has 1 aliphatic heterocycles. The fourth-order valence-corrected chi connectivity index (χ4v) is 4.42. The third-order valence-electron chi connectivity index (χ3n) is 6.40. The van der Waals surface area contributed by atoms with Crippen LogP contribution in [0.1, 0.15) is 40.8 Å². The van der Waals surface area contributed by atoms with Crippen LogP contribution < -0.4 is 4.74 Å². The molecule has 4 rings (SSSR count). The molecule has 0 unspecified atom stereocenters. The minimum absolute atomic E-state index is 0.0776. The lowest BCUT2D eigenvalue weighted by molar-refractivity contribution is -0.140. The molecule has 0 saturated carbocycles. The fourth-order valence-electron chi connectivity index (χ4n) is 4.42. The number of hydrogen-bond acceptors (Lipinski definition) is 5. The first-order chi connectivity index (χ1) is 17.4. The lowest BCUT2D eigenvalue weighted by Crippen LogP contribution is -2.32. The number of hydrogen-bond donors (Lipinski definition) is 1. The zero-order chi connectivity index (χ0) is 25.7. The monoisotopic (exact) mass is 485 g/mol. The van der Waals surface area contributed by atoms with Crippen LogP contribution in [0.3, 0.4) is 0 Å². The van der Waals surface area contributed by atoms with Gasteiger partial charge in [0.05, 0.1) is 18.2 Å². The van der Waals surface area contributed by atoms with E-state index < -0.39 is 17.7 Å². The van der Waals surface area contributed by atoms with Gasteiger partial charge >= 0.3 is 0 Å². The number of carbonyl (C=O) groups is 2. The summed E-state index contributed by atoms with van der Waals surface area (Å²) in [6.07, 6.45) is 0.877. The van der Waals surface area contributed by atoms with Crippen molar-refractivity contribution in [3.63, 3.8) is 0 Å². The van der Waals surface area contributed by atoms with Crippen LogP contribution in [0.15, 0.2) is 78.4 Å². The molecule has 0 aromatic heterocycles. The highest BCUT2D eigenvalue weighted by molar-refractivity contribution is 6.46. The molecule has 1 amide bonds. The van der Waals surface area contributed by atoms with E-state index in [0.717, 1.165) is 28.7 Å². The van der Waals surface area contributed by atoms with Gasteiger partial charge in [0, 0.05) is 19.2 Å². The zero-order valence-electron chi connectivity index (χ0n) is 20.9. The maximum Gasteiger partial charge on any atom is 0.295 e. The Morgan fingerprint density at radius 2 is 1.69 bits per heavy atom. The number of nitrogens with zero attached hydrogens (tertiary/aromatic N) is 1. The van der Waals surface area contributed by atoms with Crippen LogP contribution in [0, 0.1) is 6.92 Å². The van der Waals surface area contributed by atoms with Crippen LogP contribution in [-0.4, -0.2) is 42.0 Å². The van der Waals surface area contributed by atoms with Crippen LogP contribution in [0.4, 0.5) is 0 Å². The van der Waals surface area contributed by atoms with Gasteiger partial charge in [-0.15, -0.1) is 0 Å². The standard InChI is InChI=1S/C30H31NO5/c1-4-21-8-10-23(11-9-21)27-26(29(33)30(34)31(27)16-17-35-3)28(32)24-12-14-25(15-13-24)36-19-22-7-5-6-20(2)18-22/h5-15,18,27,32H,4,16-17,19H2,1-3H3/t27-/m0/s1. The van der Waals surface area contributed by atoms with Crippen LogP contribution in [0.5, 0.6) is 5.75 Å². The molecule has 6 nitrogen and oxygen atoms in total. The normalized spacial score (nSPS) is 17.0. The van der Waals surface area contributed by atoms with Crippen molar-refractivity contribution in [2.45, 2.75) is 32.9 Å². The summed E-state index contributed by atoms with van der Waals surface area (Å²) >= 11 is 0. The molecule has 1 fully saturated rings. The van der Waals surface area contributed by atoms with Crippen LogP contribution in [-0.2, 0) is 27.4 Å². The second-order valence-corrected chi connectivity index (χ2v) is 8.88. The van der Waals surface area contributed by atoms with Crippen molar-refractivity contribution in [2.75, 3.05) is 20.3 Å². The first-order valence-corrected chi connectivity index (χ1v) is 12.1. The first kappa shape index (κ1) is 25.2. The Kier molecular flexibility index (Phi) is 7.86. The molecule has 0 spiro atoms. The number of aliphatic hydroxyl groups excluding tert-OH is 1. The number of ether oxygens (including phenoxy) is 2. The van der Waals surface area contributed by atoms with Crippen molar-refractivity contribution in [1.29, 1.82) is 0 Å². The predicted molar refractivity (Wildman–Crippen MR) is 139 cm³/mol. The number of ketones is 1. The lowest BCUT2D eigenvalue weighted by Gasteiger charge is -2.25. The molecule has 186 valence electrons. The Morgan fingerprint density at radius 3 is 2.33 bits per heavy atom. The third-order valence-corrected chi connectivity index (χ3v) is 6.40. The number of aliphatic hydroxyl groups is 1. The summed E-state index contributed by atoms with van der Waals surface area (Å²) in [4.78, 5) is 27.5. The molecule has 36 heavy (non-hydrogen) atoms. The SMILES string of the molecule is CCc1ccc([C@H]2C(=C(O)c3ccc(OCc4cccc(C)c4)cc3)C(=O)C(=O)N2CCOC)cc1. The minimum Gasteiger partial charge on any atom is -0.507 e. The van der Waals surface area contributed by atoms with E-state index in [0.29, 0.717) is 17.9 Å². The Morgan fingerprint density at radius 1 is 0.972 bits per heavy atom. The van der Waals surface area contributed by atoms with Gasteiger partial charge in [0.25, 0.3) is 11.7 Å². The van der Waals surface area contributed by atoms with Gasteiger partial charge in [0.15, 0.2) is 0 Å². The molecule has 3 aromatic carbocycles. The molecule has 1 saturated heterocycles. The van der Waals surface area contributed by atoms with E-state index in [4.69, 9.17) is 9.47 Å². The third kappa shape index (κ3) is 5.34. The number of methoxy groups -OCH3 is 1. The quantitative estimate of drug-likeness (QED) is 0.256. The van der Waals surface area contributed by atoms with Crippen molar-refractivity contribution < 1.29 is 24.2 Å². The average Bonchev–Trinajstić information content (AvgIpc) is 3.15. The molecular formula is C30H31NO5. The lowest BCUT2D eigenvalue weighted by atomic mass is 9.94.